The van der Waals surface area contributed by atoms with Gasteiger partial charge in [-0.15, -0.1) is 0 Å². The topological polar surface area (TPSA) is 55.6 Å². The number of hydrogen-bond donors (Lipinski definition) is 1. The van der Waals surface area contributed by atoms with Crippen LogP contribution in [0.5, 0.6) is 0 Å². The van der Waals surface area contributed by atoms with Crippen LogP contribution in [0.3, 0.4) is 0 Å². The van der Waals surface area contributed by atoms with Crippen molar-refractivity contribution in [2.45, 2.75) is 25.8 Å². The van der Waals surface area contributed by atoms with Gasteiger partial charge in [0.2, 0.25) is 5.91 Å². The maximum atomic E-state index is 11.0. The Hall–Kier alpha value is -0.610. The molecule has 1 aliphatic rings. The molecule has 1 fully saturated rings. The molecular formula is C9H18N2O2. The summed E-state index contributed by atoms with van der Waals surface area (Å²) in [5.74, 6) is 0.0547. The fourth-order valence-corrected chi connectivity index (χ4v) is 1.25. The summed E-state index contributed by atoms with van der Waals surface area (Å²) in [5, 5.41) is 0. The highest BCUT2D eigenvalue weighted by molar-refractivity contribution is 5.87. The molecule has 1 unspecified atom stereocenters. The number of ether oxygens (including phenoxy) is 1. The molecule has 1 aliphatic heterocycles. The maximum Gasteiger partial charge on any atom is 0.241 e. The predicted molar refractivity (Wildman–Crippen MR) is 50.3 cm³/mol. The monoisotopic (exact) mass is 186 g/mol. The van der Waals surface area contributed by atoms with E-state index in [0.29, 0.717) is 19.7 Å². The molecule has 1 amide bonds. The quantitative estimate of drug-likeness (QED) is 0.468. The Bertz CT molecular complexity index is 173. The first kappa shape index (κ1) is 10.5. The minimum Gasteiger partial charge on any atom is -0.380 e. The van der Waals surface area contributed by atoms with Crippen LogP contribution in [0.15, 0.2) is 0 Å². The fourth-order valence-electron chi connectivity index (χ4n) is 1.25. The maximum absolute atomic E-state index is 11.0. The van der Waals surface area contributed by atoms with Crippen molar-refractivity contribution < 1.29 is 9.53 Å². The molecule has 0 aromatic heterocycles. The van der Waals surface area contributed by atoms with Crippen LogP contribution in [0.25, 0.3) is 0 Å². The molecule has 4 heteroatoms. The molecule has 0 aromatic rings. The molecule has 0 saturated carbocycles. The lowest BCUT2D eigenvalue weighted by atomic mass is 10.1. The van der Waals surface area contributed by atoms with E-state index in [2.05, 4.69) is 6.92 Å². The molecule has 2 N–H and O–H groups in total. The molecule has 0 bridgehead atoms. The molecule has 0 aliphatic carbocycles. The Labute approximate surface area is 79.0 Å². The molecule has 76 valence electrons. The van der Waals surface area contributed by atoms with Crippen LogP contribution in [0.1, 0.15) is 19.8 Å². The number of β-lactam (4-membered cyclic amide) rings is 1. The summed E-state index contributed by atoms with van der Waals surface area (Å²) in [6.45, 7) is 4.94. The average Bonchev–Trinajstić information content (AvgIpc) is 2.15. The van der Waals surface area contributed by atoms with Crippen LogP contribution in [-0.2, 0) is 9.53 Å². The van der Waals surface area contributed by atoms with E-state index >= 15 is 0 Å². The van der Waals surface area contributed by atoms with Gasteiger partial charge in [-0.1, -0.05) is 13.3 Å². The summed E-state index contributed by atoms with van der Waals surface area (Å²) in [7, 11) is 0. The van der Waals surface area contributed by atoms with E-state index in [4.69, 9.17) is 10.5 Å². The highest BCUT2D eigenvalue weighted by atomic mass is 16.5. The molecule has 1 atom stereocenters. The largest absolute Gasteiger partial charge is 0.380 e. The number of carbonyl (C=O) groups excluding carboxylic acids is 1. The van der Waals surface area contributed by atoms with Gasteiger partial charge in [0, 0.05) is 19.7 Å². The van der Waals surface area contributed by atoms with Crippen molar-refractivity contribution in [1.29, 1.82) is 0 Å². The van der Waals surface area contributed by atoms with Crippen molar-refractivity contribution in [3.05, 3.63) is 0 Å². The molecule has 13 heavy (non-hydrogen) atoms. The summed E-state index contributed by atoms with van der Waals surface area (Å²) in [6, 6.07) is -0.254. The first-order chi connectivity index (χ1) is 6.25. The van der Waals surface area contributed by atoms with Gasteiger partial charge in [0.15, 0.2) is 0 Å². The third-order valence-corrected chi connectivity index (χ3v) is 2.19. The number of likely N-dealkylation sites (tertiary alicyclic amines) is 1. The average molecular weight is 186 g/mol. The number of amides is 1. The van der Waals surface area contributed by atoms with Gasteiger partial charge >= 0.3 is 0 Å². The SMILES string of the molecule is CCCCOCCN1CC(N)C1=O. The summed E-state index contributed by atoms with van der Waals surface area (Å²) in [6.07, 6.45) is 2.24. The molecule has 0 spiro atoms. The first-order valence-corrected chi connectivity index (χ1v) is 4.87. The molecule has 0 aromatic carbocycles. The molecular weight excluding hydrogens is 168 g/mol. The van der Waals surface area contributed by atoms with E-state index in [0.717, 1.165) is 19.4 Å². The van der Waals surface area contributed by atoms with Crippen LogP contribution in [0, 0.1) is 0 Å². The molecule has 1 heterocycles. The smallest absolute Gasteiger partial charge is 0.241 e. The third kappa shape index (κ3) is 2.97. The predicted octanol–water partition coefficient (Wildman–Crippen LogP) is -0.0274. The Morgan fingerprint density at radius 2 is 2.38 bits per heavy atom. The van der Waals surface area contributed by atoms with Gasteiger partial charge in [0.25, 0.3) is 0 Å². The van der Waals surface area contributed by atoms with Crippen molar-refractivity contribution in [3.8, 4) is 0 Å². The van der Waals surface area contributed by atoms with Gasteiger partial charge in [0.1, 0.15) is 6.04 Å². The lowest BCUT2D eigenvalue weighted by Gasteiger charge is -2.35. The Morgan fingerprint density at radius 1 is 1.62 bits per heavy atom. The van der Waals surface area contributed by atoms with E-state index in [9.17, 15) is 4.79 Å². The van der Waals surface area contributed by atoms with E-state index < -0.39 is 0 Å². The van der Waals surface area contributed by atoms with E-state index in [1.165, 1.54) is 0 Å². The Kier molecular flexibility index (Phi) is 4.18. The first-order valence-electron chi connectivity index (χ1n) is 4.87. The van der Waals surface area contributed by atoms with Crippen LogP contribution in [-0.4, -0.2) is 43.2 Å². The number of unbranched alkanes of at least 4 members (excludes halogenated alkanes) is 1. The van der Waals surface area contributed by atoms with E-state index in [1.54, 1.807) is 4.90 Å². The second kappa shape index (κ2) is 5.19. The number of nitrogens with two attached hydrogens (primary N) is 1. The molecule has 1 rings (SSSR count). The van der Waals surface area contributed by atoms with Gasteiger partial charge in [-0.05, 0) is 6.42 Å². The second-order valence-corrected chi connectivity index (χ2v) is 3.36. The number of nitrogens with zero attached hydrogens (tertiary/aromatic N) is 1. The van der Waals surface area contributed by atoms with Crippen molar-refractivity contribution in [2.75, 3.05) is 26.3 Å². The normalized spacial score (nSPS) is 21.8. The van der Waals surface area contributed by atoms with Gasteiger partial charge in [-0.3, -0.25) is 4.79 Å². The summed E-state index contributed by atoms with van der Waals surface area (Å²) in [4.78, 5) is 12.8. The second-order valence-electron chi connectivity index (χ2n) is 3.36. The van der Waals surface area contributed by atoms with Gasteiger partial charge in [0.05, 0.1) is 6.61 Å². The molecule has 0 radical (unpaired) electrons. The minimum absolute atomic E-state index is 0.0547. The number of carbonyl (C=O) groups is 1. The molecule has 4 nitrogen and oxygen atoms in total. The Morgan fingerprint density at radius 3 is 2.92 bits per heavy atom. The van der Waals surface area contributed by atoms with Crippen LogP contribution in [0.4, 0.5) is 0 Å². The van der Waals surface area contributed by atoms with Gasteiger partial charge in [-0.25, -0.2) is 0 Å². The standard InChI is InChI=1S/C9H18N2O2/c1-2-3-5-13-6-4-11-7-8(10)9(11)12/h8H,2-7,10H2,1H3. The lowest BCUT2D eigenvalue weighted by molar-refractivity contribution is -0.143. The van der Waals surface area contributed by atoms with Crippen molar-refractivity contribution >= 4 is 5.91 Å². The third-order valence-electron chi connectivity index (χ3n) is 2.19. The van der Waals surface area contributed by atoms with E-state index in [1.807, 2.05) is 0 Å². The Balaban J connectivity index is 1.92. The highest BCUT2D eigenvalue weighted by Gasteiger charge is 2.32. The zero-order valence-corrected chi connectivity index (χ0v) is 8.16. The lowest BCUT2D eigenvalue weighted by Crippen LogP contribution is -2.61. The van der Waals surface area contributed by atoms with Crippen molar-refractivity contribution in [1.82, 2.24) is 4.90 Å². The van der Waals surface area contributed by atoms with Gasteiger partial charge < -0.3 is 15.4 Å². The van der Waals surface area contributed by atoms with Gasteiger partial charge in [-0.2, -0.15) is 0 Å². The van der Waals surface area contributed by atoms with Crippen LogP contribution < -0.4 is 5.73 Å². The van der Waals surface area contributed by atoms with Crippen LogP contribution in [0.2, 0.25) is 0 Å². The zero-order valence-electron chi connectivity index (χ0n) is 8.16. The van der Waals surface area contributed by atoms with Crippen molar-refractivity contribution in [3.63, 3.8) is 0 Å². The summed E-state index contributed by atoms with van der Waals surface area (Å²) >= 11 is 0. The summed E-state index contributed by atoms with van der Waals surface area (Å²) < 4.78 is 5.33. The number of rotatable bonds is 6. The summed E-state index contributed by atoms with van der Waals surface area (Å²) in [5.41, 5.74) is 5.43. The fraction of sp³-hybridized carbons (Fsp3) is 0.889. The van der Waals surface area contributed by atoms with Crippen LogP contribution >= 0.6 is 0 Å². The molecule has 1 saturated heterocycles. The number of hydrogen-bond acceptors (Lipinski definition) is 3. The highest BCUT2D eigenvalue weighted by Crippen LogP contribution is 2.06. The minimum atomic E-state index is -0.254. The zero-order chi connectivity index (χ0) is 9.68. The van der Waals surface area contributed by atoms with Crippen molar-refractivity contribution in [2.24, 2.45) is 5.73 Å². The van der Waals surface area contributed by atoms with E-state index in [-0.39, 0.29) is 11.9 Å².